The van der Waals surface area contributed by atoms with Crippen molar-refractivity contribution in [3.05, 3.63) is 60.2 Å². The summed E-state index contributed by atoms with van der Waals surface area (Å²) in [6.07, 6.45) is 1.09. The molecule has 2 amide bonds. The van der Waals surface area contributed by atoms with Crippen LogP contribution in [0.15, 0.2) is 54.6 Å². The number of nitrogens with zero attached hydrogens (tertiary/aromatic N) is 1. The van der Waals surface area contributed by atoms with Gasteiger partial charge in [-0.25, -0.2) is 0 Å². The predicted molar refractivity (Wildman–Crippen MR) is 98.5 cm³/mol. The van der Waals surface area contributed by atoms with Gasteiger partial charge in [-0.15, -0.1) is 0 Å². The number of rotatable bonds is 9. The second-order valence-corrected chi connectivity index (χ2v) is 5.87. The molecule has 0 aliphatic rings. The van der Waals surface area contributed by atoms with Crippen molar-refractivity contribution in [1.29, 1.82) is 0 Å². The van der Waals surface area contributed by atoms with Crippen LogP contribution >= 0.6 is 0 Å². The van der Waals surface area contributed by atoms with Gasteiger partial charge in [-0.3, -0.25) is 9.59 Å². The highest BCUT2D eigenvalue weighted by atomic mass is 16.5. The molecule has 0 aliphatic carbocycles. The Balaban J connectivity index is 1.87. The molecule has 0 aliphatic heterocycles. The Morgan fingerprint density at radius 2 is 1.80 bits per heavy atom. The lowest BCUT2D eigenvalue weighted by Crippen LogP contribution is -2.34. The second kappa shape index (κ2) is 9.47. The normalized spacial score (nSPS) is 10.3. The molecule has 5 nitrogen and oxygen atoms in total. The van der Waals surface area contributed by atoms with Crippen molar-refractivity contribution >= 4 is 17.5 Å². The van der Waals surface area contributed by atoms with Gasteiger partial charge < -0.3 is 15.4 Å². The highest BCUT2D eigenvalue weighted by Gasteiger charge is 2.16. The molecule has 2 aromatic carbocycles. The van der Waals surface area contributed by atoms with Crippen molar-refractivity contribution < 1.29 is 14.3 Å². The summed E-state index contributed by atoms with van der Waals surface area (Å²) in [6.45, 7) is 2.76. The molecule has 2 rings (SSSR count). The summed E-state index contributed by atoms with van der Waals surface area (Å²) < 4.78 is 5.68. The van der Waals surface area contributed by atoms with Gasteiger partial charge >= 0.3 is 0 Å². The third-order valence-electron chi connectivity index (χ3n) is 3.74. The topological polar surface area (TPSA) is 72.6 Å². The monoisotopic (exact) mass is 340 g/mol. The molecule has 0 bridgehead atoms. The first kappa shape index (κ1) is 18.5. The summed E-state index contributed by atoms with van der Waals surface area (Å²) in [4.78, 5) is 25.2. The van der Waals surface area contributed by atoms with Crippen molar-refractivity contribution in [2.75, 3.05) is 18.1 Å². The summed E-state index contributed by atoms with van der Waals surface area (Å²) >= 11 is 0. The van der Waals surface area contributed by atoms with Gasteiger partial charge in [0.05, 0.1) is 6.61 Å². The van der Waals surface area contributed by atoms with E-state index in [0.717, 1.165) is 17.0 Å². The van der Waals surface area contributed by atoms with E-state index in [4.69, 9.17) is 10.5 Å². The first-order valence-corrected chi connectivity index (χ1v) is 8.39. The fraction of sp³-hybridized carbons (Fsp3) is 0.300. The Labute approximate surface area is 148 Å². The van der Waals surface area contributed by atoms with Gasteiger partial charge in [0.2, 0.25) is 11.8 Å². The molecule has 0 unspecified atom stereocenters. The minimum atomic E-state index is -0.420. The van der Waals surface area contributed by atoms with E-state index >= 15 is 0 Å². The quantitative estimate of drug-likeness (QED) is 0.713. The van der Waals surface area contributed by atoms with E-state index in [0.29, 0.717) is 19.4 Å². The molecular weight excluding hydrogens is 316 g/mol. The van der Waals surface area contributed by atoms with Crippen LogP contribution in [-0.4, -0.2) is 25.0 Å². The number of hydrogen-bond acceptors (Lipinski definition) is 3. The average Bonchev–Trinajstić information content (AvgIpc) is 2.60. The van der Waals surface area contributed by atoms with E-state index < -0.39 is 5.91 Å². The van der Waals surface area contributed by atoms with Crippen molar-refractivity contribution in [3.8, 4) is 5.75 Å². The Hall–Kier alpha value is -2.82. The van der Waals surface area contributed by atoms with Crippen LogP contribution in [0, 0.1) is 6.92 Å². The number of primary amides is 1. The third kappa shape index (κ3) is 6.30. The molecule has 132 valence electrons. The number of anilines is 1. The number of benzene rings is 2. The minimum Gasteiger partial charge on any atom is -0.494 e. The molecule has 0 heterocycles. The molecule has 0 saturated carbocycles. The molecule has 0 aromatic heterocycles. The lowest BCUT2D eigenvalue weighted by atomic mass is 10.2. The lowest BCUT2D eigenvalue weighted by Gasteiger charge is -2.22. The highest BCUT2D eigenvalue weighted by molar-refractivity contribution is 5.93. The van der Waals surface area contributed by atoms with Gasteiger partial charge in [0.1, 0.15) is 5.75 Å². The molecule has 2 aromatic rings. The third-order valence-corrected chi connectivity index (χ3v) is 3.74. The van der Waals surface area contributed by atoms with Crippen LogP contribution in [0.5, 0.6) is 5.75 Å². The van der Waals surface area contributed by atoms with Crippen LogP contribution in [0.2, 0.25) is 0 Å². The standard InChI is InChI=1S/C20H24N2O3/c1-16-7-5-10-18(15-16)25-14-6-11-20(24)22(13-12-19(21)23)17-8-3-2-4-9-17/h2-5,7-10,15H,6,11-14H2,1H3,(H2,21,23). The van der Waals surface area contributed by atoms with Gasteiger partial charge in [0.15, 0.2) is 0 Å². The number of hydrogen-bond donors (Lipinski definition) is 1. The van der Waals surface area contributed by atoms with Crippen LogP contribution in [0.3, 0.4) is 0 Å². The number of amides is 2. The number of ether oxygens (including phenoxy) is 1. The lowest BCUT2D eigenvalue weighted by molar-refractivity contribution is -0.119. The fourth-order valence-corrected chi connectivity index (χ4v) is 2.48. The van der Waals surface area contributed by atoms with Crippen molar-refractivity contribution in [1.82, 2.24) is 0 Å². The molecule has 0 spiro atoms. The van der Waals surface area contributed by atoms with Crippen molar-refractivity contribution in [2.45, 2.75) is 26.2 Å². The number of para-hydroxylation sites is 1. The minimum absolute atomic E-state index is 0.0414. The Morgan fingerprint density at radius 3 is 2.48 bits per heavy atom. The number of nitrogens with two attached hydrogens (primary N) is 1. The van der Waals surface area contributed by atoms with Crippen LogP contribution < -0.4 is 15.4 Å². The molecule has 0 radical (unpaired) electrons. The van der Waals surface area contributed by atoms with E-state index in [1.54, 1.807) is 4.90 Å². The molecule has 0 saturated heterocycles. The zero-order chi connectivity index (χ0) is 18.1. The molecule has 0 atom stereocenters. The molecular formula is C20H24N2O3. The van der Waals surface area contributed by atoms with E-state index in [9.17, 15) is 9.59 Å². The summed E-state index contributed by atoms with van der Waals surface area (Å²) in [5.41, 5.74) is 7.13. The SMILES string of the molecule is Cc1cccc(OCCCC(=O)N(CCC(N)=O)c2ccccc2)c1. The fourth-order valence-electron chi connectivity index (χ4n) is 2.48. The van der Waals surface area contributed by atoms with Gasteiger partial charge in [-0.1, -0.05) is 30.3 Å². The van der Waals surface area contributed by atoms with Crippen molar-refractivity contribution in [2.24, 2.45) is 5.73 Å². The van der Waals surface area contributed by atoms with Gasteiger partial charge in [-0.05, 0) is 43.2 Å². The van der Waals surface area contributed by atoms with E-state index in [1.807, 2.05) is 61.5 Å². The highest BCUT2D eigenvalue weighted by Crippen LogP contribution is 2.16. The maximum atomic E-state index is 12.5. The first-order valence-electron chi connectivity index (χ1n) is 8.39. The molecule has 0 fully saturated rings. The smallest absolute Gasteiger partial charge is 0.227 e. The van der Waals surface area contributed by atoms with E-state index in [2.05, 4.69) is 0 Å². The van der Waals surface area contributed by atoms with Crippen LogP contribution in [0.1, 0.15) is 24.8 Å². The summed E-state index contributed by atoms with van der Waals surface area (Å²) in [5.74, 6) is 0.345. The van der Waals surface area contributed by atoms with E-state index in [-0.39, 0.29) is 18.9 Å². The summed E-state index contributed by atoms with van der Waals surface area (Å²) in [7, 11) is 0. The number of carbonyl (C=O) groups excluding carboxylic acids is 2. The van der Waals surface area contributed by atoms with Gasteiger partial charge in [0.25, 0.3) is 0 Å². The molecule has 2 N–H and O–H groups in total. The summed E-state index contributed by atoms with van der Waals surface area (Å²) in [6, 6.07) is 17.1. The largest absolute Gasteiger partial charge is 0.494 e. The first-order chi connectivity index (χ1) is 12.1. The van der Waals surface area contributed by atoms with Gasteiger partial charge in [-0.2, -0.15) is 0 Å². The zero-order valence-corrected chi connectivity index (χ0v) is 14.5. The second-order valence-electron chi connectivity index (χ2n) is 5.87. The van der Waals surface area contributed by atoms with Crippen LogP contribution in [0.4, 0.5) is 5.69 Å². The number of aryl methyl sites for hydroxylation is 1. The Kier molecular flexibility index (Phi) is 7.01. The predicted octanol–water partition coefficient (Wildman–Crippen LogP) is 3.06. The Bertz CT molecular complexity index is 701. The van der Waals surface area contributed by atoms with Crippen molar-refractivity contribution in [3.63, 3.8) is 0 Å². The van der Waals surface area contributed by atoms with Gasteiger partial charge in [0, 0.05) is 25.1 Å². The average molecular weight is 340 g/mol. The number of carbonyl (C=O) groups is 2. The van der Waals surface area contributed by atoms with Crippen LogP contribution in [0.25, 0.3) is 0 Å². The Morgan fingerprint density at radius 1 is 1.04 bits per heavy atom. The van der Waals surface area contributed by atoms with E-state index in [1.165, 1.54) is 0 Å². The van der Waals surface area contributed by atoms with Crippen LogP contribution in [-0.2, 0) is 9.59 Å². The maximum absolute atomic E-state index is 12.5. The zero-order valence-electron chi connectivity index (χ0n) is 14.5. The summed E-state index contributed by atoms with van der Waals surface area (Å²) in [5, 5.41) is 0. The maximum Gasteiger partial charge on any atom is 0.227 e. The molecule has 25 heavy (non-hydrogen) atoms. The molecule has 5 heteroatoms.